The maximum absolute atomic E-state index is 13.3. The first kappa shape index (κ1) is 32.7. The minimum atomic E-state index is -3.75. The van der Waals surface area contributed by atoms with Gasteiger partial charge >= 0.3 is 0 Å². The van der Waals surface area contributed by atoms with E-state index in [1.165, 1.54) is 32.1 Å². The lowest BCUT2D eigenvalue weighted by molar-refractivity contribution is 0.138. The topological polar surface area (TPSA) is 121 Å². The molecule has 4 aromatic rings. The Balaban J connectivity index is 1.13. The fourth-order valence-corrected chi connectivity index (χ4v) is 6.80. The number of rotatable bonds is 17. The number of aliphatic hydroxyl groups excluding tert-OH is 1. The van der Waals surface area contributed by atoms with Crippen LogP contribution < -0.4 is 14.9 Å². The van der Waals surface area contributed by atoms with Crippen molar-refractivity contribution in [2.24, 2.45) is 0 Å². The fourth-order valence-electron chi connectivity index (χ4n) is 5.69. The van der Waals surface area contributed by atoms with Crippen molar-refractivity contribution in [2.75, 3.05) is 29.3 Å². The number of nitrogens with zero attached hydrogens (tertiary/aromatic N) is 3. The highest BCUT2D eigenvalue weighted by Gasteiger charge is 2.25. The van der Waals surface area contributed by atoms with Gasteiger partial charge in [-0.05, 0) is 92.7 Å². The average Bonchev–Trinajstić information content (AvgIpc) is 3.68. The summed E-state index contributed by atoms with van der Waals surface area (Å²) >= 11 is 0. The van der Waals surface area contributed by atoms with E-state index in [2.05, 4.69) is 39.2 Å². The largest absolute Gasteiger partial charge is 0.384 e. The number of anilines is 3. The van der Waals surface area contributed by atoms with Crippen LogP contribution in [0.5, 0.6) is 0 Å². The van der Waals surface area contributed by atoms with Crippen molar-refractivity contribution >= 4 is 27.2 Å². The van der Waals surface area contributed by atoms with Crippen LogP contribution in [0.1, 0.15) is 79.8 Å². The minimum Gasteiger partial charge on any atom is -0.384 e. The SMILES string of the molecule is CCCCCCCCc1cccc(N2CCc3cc(S(=O)(=O)Nc4ccc(CCNCC(O)c5cc(C)no5)cc4)ccc32)n1. The third-order valence-corrected chi connectivity index (χ3v) is 9.60. The van der Waals surface area contributed by atoms with Crippen LogP contribution in [-0.2, 0) is 29.3 Å². The number of hydrogen-bond acceptors (Lipinski definition) is 8. The molecule has 1 aliphatic rings. The molecule has 0 spiro atoms. The Morgan fingerprint density at radius 3 is 2.56 bits per heavy atom. The molecular weight excluding hydrogens is 586 g/mol. The molecule has 0 aliphatic carbocycles. The van der Waals surface area contributed by atoms with E-state index in [0.717, 1.165) is 66.2 Å². The van der Waals surface area contributed by atoms with E-state index in [-0.39, 0.29) is 4.90 Å². The van der Waals surface area contributed by atoms with Crippen molar-refractivity contribution in [3.8, 4) is 0 Å². The molecule has 1 atom stereocenters. The quantitative estimate of drug-likeness (QED) is 0.111. The summed E-state index contributed by atoms with van der Waals surface area (Å²) in [5.74, 6) is 1.36. The van der Waals surface area contributed by atoms with Gasteiger partial charge in [-0.1, -0.05) is 62.4 Å². The highest BCUT2D eigenvalue weighted by molar-refractivity contribution is 7.92. The Hall–Kier alpha value is -3.73. The highest BCUT2D eigenvalue weighted by atomic mass is 32.2. The van der Waals surface area contributed by atoms with Gasteiger partial charge in [-0.15, -0.1) is 0 Å². The van der Waals surface area contributed by atoms with Gasteiger partial charge in [-0.3, -0.25) is 4.72 Å². The van der Waals surface area contributed by atoms with E-state index in [0.29, 0.717) is 24.5 Å². The van der Waals surface area contributed by atoms with Crippen LogP contribution >= 0.6 is 0 Å². The third kappa shape index (κ3) is 8.93. The van der Waals surface area contributed by atoms with Gasteiger partial charge in [-0.2, -0.15) is 0 Å². The molecule has 2 aromatic heterocycles. The first-order chi connectivity index (χ1) is 21.8. The standard InChI is InChI=1S/C35H45N5O4S/c1-3-4-5-6-7-8-10-29-11-9-12-35(37-29)40-22-20-28-24-31(17-18-32(28)40)45(42,43)39-30-15-13-27(14-16-30)19-21-36-25-33(41)34-23-26(2)38-44-34/h9,11-18,23-24,33,36,39,41H,3-8,10,19-22,25H2,1-2H3. The molecule has 240 valence electrons. The van der Waals surface area contributed by atoms with Gasteiger partial charge in [-0.25, -0.2) is 13.4 Å². The fraction of sp³-hybridized carbons (Fsp3) is 0.429. The lowest BCUT2D eigenvalue weighted by atomic mass is 10.1. The Labute approximate surface area is 267 Å². The molecule has 3 heterocycles. The summed E-state index contributed by atoms with van der Waals surface area (Å²) in [6, 6.07) is 20.7. The Morgan fingerprint density at radius 1 is 0.978 bits per heavy atom. The van der Waals surface area contributed by atoms with E-state index in [9.17, 15) is 13.5 Å². The van der Waals surface area contributed by atoms with Crippen molar-refractivity contribution < 1.29 is 18.0 Å². The summed E-state index contributed by atoms with van der Waals surface area (Å²) in [4.78, 5) is 7.38. The van der Waals surface area contributed by atoms with Crippen LogP contribution in [0.4, 0.5) is 17.2 Å². The number of aliphatic hydroxyl groups is 1. The second-order valence-corrected chi connectivity index (χ2v) is 13.5. The highest BCUT2D eigenvalue weighted by Crippen LogP contribution is 2.35. The second-order valence-electron chi connectivity index (χ2n) is 11.8. The van der Waals surface area contributed by atoms with E-state index < -0.39 is 16.1 Å². The van der Waals surface area contributed by atoms with Crippen LogP contribution in [0.3, 0.4) is 0 Å². The van der Waals surface area contributed by atoms with Crippen LogP contribution in [0.2, 0.25) is 0 Å². The van der Waals surface area contributed by atoms with Gasteiger partial charge < -0.3 is 19.8 Å². The van der Waals surface area contributed by atoms with E-state index in [4.69, 9.17) is 9.51 Å². The first-order valence-corrected chi connectivity index (χ1v) is 17.6. The van der Waals surface area contributed by atoms with Crippen molar-refractivity contribution in [1.82, 2.24) is 15.5 Å². The van der Waals surface area contributed by atoms with E-state index in [1.54, 1.807) is 30.3 Å². The lowest BCUT2D eigenvalue weighted by Gasteiger charge is -2.19. The Morgan fingerprint density at radius 2 is 1.78 bits per heavy atom. The van der Waals surface area contributed by atoms with Gasteiger partial charge in [0.2, 0.25) is 0 Å². The molecule has 0 bridgehead atoms. The monoisotopic (exact) mass is 631 g/mol. The molecule has 0 saturated carbocycles. The van der Waals surface area contributed by atoms with Crippen LogP contribution in [0.15, 0.2) is 76.1 Å². The summed E-state index contributed by atoms with van der Waals surface area (Å²) < 4.78 is 34.4. The molecule has 0 amide bonds. The number of aryl methyl sites for hydroxylation is 2. The molecule has 1 aliphatic heterocycles. The summed E-state index contributed by atoms with van der Waals surface area (Å²) in [6.07, 6.45) is 9.29. The number of hydrogen-bond donors (Lipinski definition) is 3. The van der Waals surface area contributed by atoms with Crippen molar-refractivity contribution in [3.63, 3.8) is 0 Å². The number of aromatic nitrogens is 2. The zero-order valence-corrected chi connectivity index (χ0v) is 27.2. The van der Waals surface area contributed by atoms with Crippen LogP contribution in [-0.4, -0.2) is 43.3 Å². The van der Waals surface area contributed by atoms with Crippen molar-refractivity contribution in [2.45, 2.75) is 82.6 Å². The Kier molecular flexibility index (Phi) is 11.3. The van der Waals surface area contributed by atoms with Gasteiger partial charge in [0.1, 0.15) is 11.9 Å². The summed E-state index contributed by atoms with van der Waals surface area (Å²) in [6.45, 7) is 5.83. The van der Waals surface area contributed by atoms with Crippen LogP contribution in [0, 0.1) is 6.92 Å². The average molecular weight is 632 g/mol. The molecule has 2 aromatic carbocycles. The predicted molar refractivity (Wildman–Crippen MR) is 178 cm³/mol. The molecule has 0 fully saturated rings. The molecular formula is C35H45N5O4S. The number of nitrogens with one attached hydrogen (secondary N) is 2. The van der Waals surface area contributed by atoms with E-state index >= 15 is 0 Å². The number of unbranched alkanes of at least 4 members (excludes halogenated alkanes) is 5. The number of pyridine rings is 1. The number of benzene rings is 2. The molecule has 1 unspecified atom stereocenters. The van der Waals surface area contributed by atoms with Gasteiger partial charge in [0.15, 0.2) is 5.76 Å². The molecule has 5 rings (SSSR count). The van der Waals surface area contributed by atoms with Crippen molar-refractivity contribution in [3.05, 3.63) is 95.0 Å². The third-order valence-electron chi connectivity index (χ3n) is 8.22. The number of sulfonamides is 1. The second kappa shape index (κ2) is 15.5. The smallest absolute Gasteiger partial charge is 0.261 e. The normalized spacial score (nSPS) is 13.6. The molecule has 0 saturated heterocycles. The first-order valence-electron chi connectivity index (χ1n) is 16.1. The molecule has 3 N–H and O–H groups in total. The zero-order chi connectivity index (χ0) is 31.6. The maximum atomic E-state index is 13.3. The van der Waals surface area contributed by atoms with Gasteiger partial charge in [0, 0.05) is 36.2 Å². The maximum Gasteiger partial charge on any atom is 0.261 e. The predicted octanol–water partition coefficient (Wildman–Crippen LogP) is 6.64. The summed E-state index contributed by atoms with van der Waals surface area (Å²) in [7, 11) is -3.75. The van der Waals surface area contributed by atoms with E-state index in [1.807, 2.05) is 31.2 Å². The molecule has 0 radical (unpaired) electrons. The summed E-state index contributed by atoms with van der Waals surface area (Å²) in [5, 5.41) is 17.2. The molecule has 10 heteroatoms. The summed E-state index contributed by atoms with van der Waals surface area (Å²) in [5.41, 5.74) is 5.43. The lowest BCUT2D eigenvalue weighted by Crippen LogP contribution is -2.23. The van der Waals surface area contributed by atoms with Crippen LogP contribution in [0.25, 0.3) is 0 Å². The minimum absolute atomic E-state index is 0.252. The molecule has 9 nitrogen and oxygen atoms in total. The Bertz CT molecular complexity index is 1640. The number of fused-ring (bicyclic) bond motifs is 1. The van der Waals surface area contributed by atoms with Crippen molar-refractivity contribution in [1.29, 1.82) is 0 Å². The zero-order valence-electron chi connectivity index (χ0n) is 26.3. The van der Waals surface area contributed by atoms with Gasteiger partial charge in [0.25, 0.3) is 10.0 Å². The molecule has 45 heavy (non-hydrogen) atoms. The van der Waals surface area contributed by atoms with Gasteiger partial charge in [0.05, 0.1) is 10.6 Å².